The van der Waals surface area contributed by atoms with Crippen molar-refractivity contribution in [3.05, 3.63) is 23.8 Å². The fraction of sp³-hybridized carbons (Fsp3) is 0.600. The largest absolute Gasteiger partial charge is 0.481 e. The first kappa shape index (κ1) is 23.0. The second-order valence-electron chi connectivity index (χ2n) is 8.34. The summed E-state index contributed by atoms with van der Waals surface area (Å²) >= 11 is 0. The lowest BCUT2D eigenvalue weighted by Crippen LogP contribution is -2.42. The van der Waals surface area contributed by atoms with Crippen LogP contribution in [0.4, 0.5) is 10.5 Å². The highest BCUT2D eigenvalue weighted by molar-refractivity contribution is 7.91. The maximum atomic E-state index is 12.9. The van der Waals surface area contributed by atoms with E-state index in [4.69, 9.17) is 10.5 Å². The van der Waals surface area contributed by atoms with Crippen molar-refractivity contribution in [2.75, 3.05) is 18.0 Å². The first-order chi connectivity index (χ1) is 13.3. The van der Waals surface area contributed by atoms with Gasteiger partial charge in [-0.05, 0) is 57.4 Å². The Morgan fingerprint density at radius 3 is 2.41 bits per heavy atom. The Bertz CT molecular complexity index is 906. The number of anilines is 1. The van der Waals surface area contributed by atoms with Crippen LogP contribution in [0.15, 0.2) is 23.1 Å². The first-order valence-corrected chi connectivity index (χ1v) is 11.3. The topological polar surface area (TPSA) is 127 Å². The van der Waals surface area contributed by atoms with Crippen LogP contribution >= 0.6 is 0 Å². The number of sulfone groups is 1. The third-order valence-corrected chi connectivity index (χ3v) is 7.16. The summed E-state index contributed by atoms with van der Waals surface area (Å²) in [5, 5.41) is 10.1. The molecule has 1 aliphatic heterocycles. The van der Waals surface area contributed by atoms with Crippen LogP contribution < -0.4 is 5.73 Å². The van der Waals surface area contributed by atoms with Crippen molar-refractivity contribution in [3.63, 3.8) is 0 Å². The fourth-order valence-electron chi connectivity index (χ4n) is 3.83. The zero-order valence-corrected chi connectivity index (χ0v) is 18.4. The summed E-state index contributed by atoms with van der Waals surface area (Å²) in [4.78, 5) is 26.6. The summed E-state index contributed by atoms with van der Waals surface area (Å²) in [5.74, 6) is -1.24. The van der Waals surface area contributed by atoms with Crippen LogP contribution in [0, 0.1) is 5.41 Å². The van der Waals surface area contributed by atoms with Gasteiger partial charge in [-0.15, -0.1) is 0 Å². The van der Waals surface area contributed by atoms with Crippen LogP contribution in [-0.2, 0) is 19.4 Å². The molecule has 0 unspecified atom stereocenters. The maximum Gasteiger partial charge on any atom is 0.410 e. The van der Waals surface area contributed by atoms with Crippen LogP contribution in [0.1, 0.15) is 59.1 Å². The van der Waals surface area contributed by atoms with Gasteiger partial charge in [0.2, 0.25) is 0 Å². The molecule has 2 atom stereocenters. The summed E-state index contributed by atoms with van der Waals surface area (Å²) < 4.78 is 31.0. The number of amides is 1. The molecule has 1 amide bonds. The van der Waals surface area contributed by atoms with Gasteiger partial charge in [0, 0.05) is 12.2 Å². The molecule has 0 spiro atoms. The van der Waals surface area contributed by atoms with E-state index in [2.05, 4.69) is 0 Å². The average molecular weight is 427 g/mol. The summed E-state index contributed by atoms with van der Waals surface area (Å²) in [6.45, 7) is 8.52. The van der Waals surface area contributed by atoms with Gasteiger partial charge in [-0.1, -0.05) is 13.8 Å². The number of nitrogens with two attached hydrogens (primary N) is 1. The second-order valence-corrected chi connectivity index (χ2v) is 10.6. The van der Waals surface area contributed by atoms with E-state index in [9.17, 15) is 23.1 Å². The van der Waals surface area contributed by atoms with Crippen molar-refractivity contribution in [1.82, 2.24) is 4.90 Å². The molecular weight excluding hydrogens is 396 g/mol. The monoisotopic (exact) mass is 426 g/mol. The molecule has 0 saturated carbocycles. The van der Waals surface area contributed by atoms with E-state index < -0.39 is 39.0 Å². The number of ether oxygens (including phenoxy) is 1. The van der Waals surface area contributed by atoms with Crippen LogP contribution in [0.5, 0.6) is 0 Å². The molecule has 8 nitrogen and oxygen atoms in total. The minimum Gasteiger partial charge on any atom is -0.481 e. The molecular formula is C20H30N2O6S. The Morgan fingerprint density at radius 1 is 1.31 bits per heavy atom. The highest BCUT2D eigenvalue weighted by Gasteiger charge is 2.55. The molecule has 162 valence electrons. The number of benzene rings is 1. The summed E-state index contributed by atoms with van der Waals surface area (Å²) in [6, 6.07) is 3.30. The molecule has 0 aromatic heterocycles. The number of carbonyl (C=O) groups excluding carboxylic acids is 1. The van der Waals surface area contributed by atoms with Crippen molar-refractivity contribution < 1.29 is 27.9 Å². The third kappa shape index (κ3) is 4.34. The zero-order chi connectivity index (χ0) is 22.2. The van der Waals surface area contributed by atoms with Gasteiger partial charge in [0.1, 0.15) is 5.60 Å². The Morgan fingerprint density at radius 2 is 1.93 bits per heavy atom. The lowest BCUT2D eigenvalue weighted by atomic mass is 9.75. The smallest absolute Gasteiger partial charge is 0.410 e. The predicted octanol–water partition coefficient (Wildman–Crippen LogP) is 3.23. The molecule has 1 aliphatic rings. The van der Waals surface area contributed by atoms with Crippen LogP contribution in [0.3, 0.4) is 0 Å². The second kappa shape index (κ2) is 7.85. The minimum absolute atomic E-state index is 0.00580. The molecule has 2 rings (SSSR count). The van der Waals surface area contributed by atoms with Crippen LogP contribution in [0.2, 0.25) is 0 Å². The number of nitrogen functional groups attached to an aromatic ring is 1. The quantitative estimate of drug-likeness (QED) is 0.692. The van der Waals surface area contributed by atoms with Gasteiger partial charge in [-0.3, -0.25) is 9.69 Å². The number of carboxylic acids is 1. The Kier molecular flexibility index (Phi) is 6.23. The van der Waals surface area contributed by atoms with Crippen molar-refractivity contribution in [1.29, 1.82) is 0 Å². The average Bonchev–Trinajstić information content (AvgIpc) is 3.01. The number of hydrogen-bond donors (Lipinski definition) is 2. The summed E-state index contributed by atoms with van der Waals surface area (Å²) in [6.07, 6.45) is -0.281. The van der Waals surface area contributed by atoms with Gasteiger partial charge in [-0.2, -0.15) is 0 Å². The van der Waals surface area contributed by atoms with E-state index in [1.807, 2.05) is 0 Å². The van der Waals surface area contributed by atoms with Gasteiger partial charge in [0.25, 0.3) is 0 Å². The van der Waals surface area contributed by atoms with E-state index in [0.29, 0.717) is 5.69 Å². The number of rotatable bonds is 5. The lowest BCUT2D eigenvalue weighted by molar-refractivity contribution is -0.151. The zero-order valence-electron chi connectivity index (χ0n) is 17.6. The Labute approximate surface area is 171 Å². The Hall–Kier alpha value is -2.29. The molecule has 1 aromatic carbocycles. The van der Waals surface area contributed by atoms with Gasteiger partial charge in [-0.25, -0.2) is 13.2 Å². The van der Waals surface area contributed by atoms with Gasteiger partial charge in [0.15, 0.2) is 9.84 Å². The van der Waals surface area contributed by atoms with Gasteiger partial charge < -0.3 is 15.6 Å². The highest BCUT2D eigenvalue weighted by atomic mass is 32.2. The molecule has 1 aromatic rings. The molecule has 1 fully saturated rings. The third-order valence-electron chi connectivity index (χ3n) is 5.36. The van der Waals surface area contributed by atoms with E-state index >= 15 is 0 Å². The number of carbonyl (C=O) groups is 2. The normalized spacial score (nSPS) is 22.5. The molecule has 0 aliphatic carbocycles. The molecule has 9 heteroatoms. The van der Waals surface area contributed by atoms with Crippen molar-refractivity contribution >= 4 is 27.6 Å². The molecule has 29 heavy (non-hydrogen) atoms. The van der Waals surface area contributed by atoms with E-state index in [-0.39, 0.29) is 35.6 Å². The van der Waals surface area contributed by atoms with Crippen molar-refractivity contribution in [3.8, 4) is 0 Å². The number of nitrogens with zero attached hydrogens (tertiary/aromatic N) is 1. The Balaban J connectivity index is 2.75. The SMILES string of the molecule is CC[C@]1(C(=O)O)CCN(C(=O)OC(C)(C)C)[C@H]1c1cc(N)ccc1S(=O)(=O)CC. The summed E-state index contributed by atoms with van der Waals surface area (Å²) in [5.41, 5.74) is 4.32. The number of carboxylic acid groups (broad SMARTS) is 1. The van der Waals surface area contributed by atoms with E-state index in [0.717, 1.165) is 0 Å². The predicted molar refractivity (Wildman–Crippen MR) is 109 cm³/mol. The molecule has 1 saturated heterocycles. The van der Waals surface area contributed by atoms with E-state index in [1.165, 1.54) is 30.0 Å². The molecule has 1 heterocycles. The molecule has 0 radical (unpaired) electrons. The fourth-order valence-corrected chi connectivity index (χ4v) is 4.95. The summed E-state index contributed by atoms with van der Waals surface area (Å²) in [7, 11) is -3.68. The van der Waals surface area contributed by atoms with Crippen LogP contribution in [-0.4, -0.2) is 48.4 Å². The van der Waals surface area contributed by atoms with Gasteiger partial charge >= 0.3 is 12.1 Å². The number of aliphatic carboxylic acids is 1. The van der Waals surface area contributed by atoms with Crippen molar-refractivity contribution in [2.45, 2.75) is 64.0 Å². The lowest BCUT2D eigenvalue weighted by Gasteiger charge is -2.36. The standard InChI is InChI=1S/C20H30N2O6S/c1-6-20(17(23)24)10-11-22(18(25)28-19(3,4)5)16(20)14-12-13(21)8-9-15(14)29(26,27)7-2/h8-9,12,16H,6-7,10-11,21H2,1-5H3,(H,23,24)/t16-,20-/m0/s1. The van der Waals surface area contributed by atoms with E-state index in [1.54, 1.807) is 27.7 Å². The first-order valence-electron chi connectivity index (χ1n) is 9.64. The highest BCUT2D eigenvalue weighted by Crippen LogP contribution is 2.52. The van der Waals surface area contributed by atoms with Crippen LogP contribution in [0.25, 0.3) is 0 Å². The molecule has 0 bridgehead atoms. The number of likely N-dealkylation sites (tertiary alicyclic amines) is 1. The van der Waals surface area contributed by atoms with Gasteiger partial charge in [0.05, 0.1) is 22.1 Å². The number of hydrogen-bond acceptors (Lipinski definition) is 6. The van der Waals surface area contributed by atoms with Crippen molar-refractivity contribution in [2.24, 2.45) is 5.41 Å². The molecule has 3 N–H and O–H groups in total. The maximum absolute atomic E-state index is 12.9. The minimum atomic E-state index is -3.68.